The fourth-order valence-corrected chi connectivity index (χ4v) is 4.85. The molecule has 31 heavy (non-hydrogen) atoms. The highest BCUT2D eigenvalue weighted by Gasteiger charge is 2.29. The number of benzene rings is 1. The summed E-state index contributed by atoms with van der Waals surface area (Å²) in [7, 11) is 2.17. The van der Waals surface area contributed by atoms with Gasteiger partial charge in [0.1, 0.15) is 5.65 Å². The fourth-order valence-electron chi connectivity index (χ4n) is 4.69. The topological polar surface area (TPSA) is 44.1 Å². The molecule has 3 aromatic rings. The third kappa shape index (κ3) is 3.95. The number of likely N-dealkylation sites (N-methyl/N-ethyl adjacent to an activating group) is 1. The minimum absolute atomic E-state index is 0.00602. The molecule has 1 aromatic carbocycles. The maximum absolute atomic E-state index is 13.6. The number of nitrogens with zero attached hydrogens (tertiary/aromatic N) is 5. The van der Waals surface area contributed by atoms with Gasteiger partial charge in [-0.1, -0.05) is 35.9 Å². The highest BCUT2D eigenvalue weighted by molar-refractivity contribution is 6.30. The Balaban J connectivity index is 1.48. The molecule has 162 valence electrons. The Bertz CT molecular complexity index is 1130. The summed E-state index contributed by atoms with van der Waals surface area (Å²) in [5, 5.41) is 0.642. The van der Waals surface area contributed by atoms with E-state index in [2.05, 4.69) is 42.0 Å². The van der Waals surface area contributed by atoms with Crippen molar-refractivity contribution in [2.24, 2.45) is 0 Å². The number of carbonyl (C=O) groups excluding carboxylic acids is 1. The molecule has 6 nitrogen and oxygen atoms in total. The van der Waals surface area contributed by atoms with Gasteiger partial charge in [-0.15, -0.1) is 0 Å². The van der Waals surface area contributed by atoms with Gasteiger partial charge in [0.2, 0.25) is 0 Å². The molecule has 7 heteroatoms. The molecule has 0 radical (unpaired) electrons. The molecule has 1 saturated heterocycles. The Kier molecular flexibility index (Phi) is 5.46. The van der Waals surface area contributed by atoms with Gasteiger partial charge in [0, 0.05) is 51.5 Å². The fraction of sp³-hybridized carbons (Fsp3) is 0.417. The molecule has 0 aliphatic carbocycles. The lowest BCUT2D eigenvalue weighted by molar-refractivity contribution is 0.0722. The van der Waals surface area contributed by atoms with Gasteiger partial charge in [-0.25, -0.2) is 4.98 Å². The zero-order valence-corrected chi connectivity index (χ0v) is 18.8. The summed E-state index contributed by atoms with van der Waals surface area (Å²) in [4.78, 5) is 25.1. The largest absolute Gasteiger partial charge is 0.333 e. The number of fused-ring (bicyclic) bond motifs is 2. The number of rotatable bonds is 3. The summed E-state index contributed by atoms with van der Waals surface area (Å²) in [5.74, 6) is 0.00602. The monoisotopic (exact) mass is 437 g/mol. The number of piperazine rings is 1. The van der Waals surface area contributed by atoms with Crippen molar-refractivity contribution in [2.75, 3.05) is 33.2 Å². The molecule has 5 rings (SSSR count). The summed E-state index contributed by atoms with van der Waals surface area (Å²) >= 11 is 6.31. The Morgan fingerprint density at radius 2 is 1.94 bits per heavy atom. The van der Waals surface area contributed by atoms with Crippen molar-refractivity contribution < 1.29 is 4.79 Å². The molecule has 2 aromatic heterocycles. The summed E-state index contributed by atoms with van der Waals surface area (Å²) in [6.45, 7) is 7.24. The van der Waals surface area contributed by atoms with Crippen LogP contribution in [0.15, 0.2) is 42.6 Å². The van der Waals surface area contributed by atoms with Crippen molar-refractivity contribution in [3.63, 3.8) is 0 Å². The van der Waals surface area contributed by atoms with Crippen LogP contribution in [0.1, 0.15) is 34.2 Å². The minimum Gasteiger partial charge on any atom is -0.333 e. The normalized spacial score (nSPS) is 20.2. The molecule has 1 amide bonds. The van der Waals surface area contributed by atoms with Crippen LogP contribution >= 0.6 is 11.6 Å². The van der Waals surface area contributed by atoms with E-state index in [1.54, 1.807) is 0 Å². The Labute approximate surface area is 188 Å². The number of imidazole rings is 1. The maximum atomic E-state index is 13.6. The first-order valence-corrected chi connectivity index (χ1v) is 11.3. The highest BCUT2D eigenvalue weighted by Crippen LogP contribution is 2.24. The van der Waals surface area contributed by atoms with Crippen LogP contribution in [-0.2, 0) is 19.5 Å². The quantitative estimate of drug-likeness (QED) is 0.630. The molecule has 0 spiro atoms. The van der Waals surface area contributed by atoms with Gasteiger partial charge in [0.15, 0.2) is 5.69 Å². The summed E-state index contributed by atoms with van der Waals surface area (Å²) < 4.78 is 2.00. The second kappa shape index (κ2) is 8.26. The van der Waals surface area contributed by atoms with E-state index in [1.165, 1.54) is 11.1 Å². The van der Waals surface area contributed by atoms with E-state index in [0.717, 1.165) is 43.9 Å². The van der Waals surface area contributed by atoms with Crippen LogP contribution in [0, 0.1) is 0 Å². The van der Waals surface area contributed by atoms with Gasteiger partial charge >= 0.3 is 0 Å². The third-order valence-corrected chi connectivity index (χ3v) is 6.94. The number of amides is 1. The van der Waals surface area contributed by atoms with E-state index >= 15 is 0 Å². The van der Waals surface area contributed by atoms with Gasteiger partial charge in [0.25, 0.3) is 5.91 Å². The molecule has 1 fully saturated rings. The van der Waals surface area contributed by atoms with Crippen LogP contribution < -0.4 is 0 Å². The third-order valence-electron chi connectivity index (χ3n) is 6.72. The Hall–Kier alpha value is -2.41. The average molecular weight is 438 g/mol. The molecule has 0 saturated carbocycles. The van der Waals surface area contributed by atoms with Gasteiger partial charge < -0.3 is 14.2 Å². The molecule has 2 aliphatic heterocycles. The zero-order chi connectivity index (χ0) is 21.5. The van der Waals surface area contributed by atoms with Gasteiger partial charge in [-0.3, -0.25) is 9.69 Å². The molecule has 2 aliphatic rings. The van der Waals surface area contributed by atoms with E-state index < -0.39 is 0 Å². The van der Waals surface area contributed by atoms with Gasteiger partial charge in [-0.2, -0.15) is 0 Å². The van der Waals surface area contributed by atoms with Crippen molar-refractivity contribution in [1.29, 1.82) is 0 Å². The van der Waals surface area contributed by atoms with E-state index in [1.807, 2.05) is 33.7 Å². The standard InChI is InChI=1S/C24H28ClN5O/c1-17-13-28(12-11-27(17)2)16-21-23(26-22-8-7-20(25)15-30(21)22)24(31)29-10-9-18-5-3-4-6-19(18)14-29/h3-8,15,17H,9-14,16H2,1-2H3/t17-/m1/s1. The van der Waals surface area contributed by atoms with E-state index in [9.17, 15) is 4.79 Å². The predicted molar refractivity (Wildman–Crippen MR) is 122 cm³/mol. The number of pyridine rings is 1. The van der Waals surface area contributed by atoms with E-state index in [-0.39, 0.29) is 5.91 Å². The van der Waals surface area contributed by atoms with E-state index in [0.29, 0.717) is 29.8 Å². The minimum atomic E-state index is 0.00602. The number of hydrogen-bond acceptors (Lipinski definition) is 4. The lowest BCUT2D eigenvalue weighted by atomic mass is 9.99. The summed E-state index contributed by atoms with van der Waals surface area (Å²) in [6, 6.07) is 12.6. The van der Waals surface area contributed by atoms with Crippen molar-refractivity contribution in [1.82, 2.24) is 24.1 Å². The van der Waals surface area contributed by atoms with Gasteiger partial charge in [-0.05, 0) is 43.7 Å². The first kappa shape index (κ1) is 20.5. The molecule has 4 heterocycles. The second-order valence-corrected chi connectivity index (χ2v) is 9.23. The molecule has 1 atom stereocenters. The molecule has 0 unspecified atom stereocenters. The van der Waals surface area contributed by atoms with Crippen molar-refractivity contribution >= 4 is 23.2 Å². The Morgan fingerprint density at radius 1 is 1.13 bits per heavy atom. The lowest BCUT2D eigenvalue weighted by Crippen LogP contribution is -2.49. The Morgan fingerprint density at radius 3 is 2.74 bits per heavy atom. The highest BCUT2D eigenvalue weighted by atomic mass is 35.5. The van der Waals surface area contributed by atoms with Crippen LogP contribution in [0.5, 0.6) is 0 Å². The first-order valence-electron chi connectivity index (χ1n) is 10.9. The van der Waals surface area contributed by atoms with Gasteiger partial charge in [0.05, 0.1) is 10.7 Å². The molecular weight excluding hydrogens is 410 g/mol. The number of carbonyl (C=O) groups is 1. The van der Waals surface area contributed by atoms with Crippen LogP contribution in [0.25, 0.3) is 5.65 Å². The molecular formula is C24H28ClN5O. The number of halogens is 1. The smallest absolute Gasteiger partial charge is 0.274 e. The molecule has 0 N–H and O–H groups in total. The molecule has 0 bridgehead atoms. The maximum Gasteiger partial charge on any atom is 0.274 e. The first-order chi connectivity index (χ1) is 15.0. The lowest BCUT2D eigenvalue weighted by Gasteiger charge is -2.37. The average Bonchev–Trinajstić information content (AvgIpc) is 3.13. The number of aromatic nitrogens is 2. The van der Waals surface area contributed by atoms with Crippen molar-refractivity contribution in [3.8, 4) is 0 Å². The second-order valence-electron chi connectivity index (χ2n) is 8.79. The van der Waals surface area contributed by atoms with Crippen LogP contribution in [-0.4, -0.2) is 69.3 Å². The SMILES string of the molecule is C[C@@H]1CN(Cc2c(C(=O)N3CCc4ccccc4C3)nc3ccc(Cl)cn23)CCN1C. The van der Waals surface area contributed by atoms with Crippen LogP contribution in [0.4, 0.5) is 0 Å². The summed E-state index contributed by atoms with van der Waals surface area (Å²) in [5.41, 5.74) is 4.80. The van der Waals surface area contributed by atoms with Crippen LogP contribution in [0.3, 0.4) is 0 Å². The van der Waals surface area contributed by atoms with E-state index in [4.69, 9.17) is 16.6 Å². The number of hydrogen-bond donors (Lipinski definition) is 0. The van der Waals surface area contributed by atoms with Crippen molar-refractivity contribution in [2.45, 2.75) is 32.5 Å². The zero-order valence-electron chi connectivity index (χ0n) is 18.1. The van der Waals surface area contributed by atoms with Crippen LogP contribution in [0.2, 0.25) is 5.02 Å². The predicted octanol–water partition coefficient (Wildman–Crippen LogP) is 3.32. The van der Waals surface area contributed by atoms with Crippen molar-refractivity contribution in [3.05, 3.63) is 70.1 Å². The summed E-state index contributed by atoms with van der Waals surface area (Å²) in [6.07, 6.45) is 2.76.